The summed E-state index contributed by atoms with van der Waals surface area (Å²) < 4.78 is 11.8. The topological polar surface area (TPSA) is 182 Å². The van der Waals surface area contributed by atoms with Crippen LogP contribution < -0.4 is 26.6 Å². The number of carbonyl (C=O) groups is 5. The second-order valence-electron chi connectivity index (χ2n) is 13.5. The van der Waals surface area contributed by atoms with Crippen LogP contribution in [0.2, 0.25) is 0 Å². The van der Waals surface area contributed by atoms with Gasteiger partial charge < -0.3 is 31.6 Å². The minimum atomic E-state index is -1.26. The van der Waals surface area contributed by atoms with Gasteiger partial charge in [0.1, 0.15) is 18.1 Å². The van der Waals surface area contributed by atoms with Gasteiger partial charge in [-0.15, -0.1) is 0 Å². The van der Waals surface area contributed by atoms with Crippen LogP contribution in [-0.4, -0.2) is 105 Å². The molecular formula is C39H45N7O6S. The Balaban J connectivity index is 1.29. The lowest BCUT2D eigenvalue weighted by Crippen LogP contribution is -2.59. The van der Waals surface area contributed by atoms with E-state index in [2.05, 4.69) is 31.6 Å². The highest BCUT2D eigenvalue weighted by atomic mass is 32.2. The lowest BCUT2D eigenvalue weighted by molar-refractivity contribution is -0.135. The van der Waals surface area contributed by atoms with Crippen molar-refractivity contribution < 1.29 is 28.2 Å². The molecule has 3 aromatic carbocycles. The van der Waals surface area contributed by atoms with E-state index in [1.165, 1.54) is 0 Å². The first-order valence-corrected chi connectivity index (χ1v) is 19.4. The van der Waals surface area contributed by atoms with Crippen LogP contribution in [0.3, 0.4) is 0 Å². The number of fused-ring (bicyclic) bond motifs is 1. The van der Waals surface area contributed by atoms with Crippen LogP contribution in [0.1, 0.15) is 23.1 Å². The average Bonchev–Trinajstić information content (AvgIpc) is 3.56. The van der Waals surface area contributed by atoms with Crippen LogP contribution in [0.25, 0.3) is 10.9 Å². The largest absolute Gasteiger partial charge is 0.361 e. The molecule has 2 saturated heterocycles. The third-order valence-electron chi connectivity index (χ3n) is 9.54. The van der Waals surface area contributed by atoms with Gasteiger partial charge in [-0.1, -0.05) is 78.9 Å². The number of nitrogens with one attached hydrogen (secondary N) is 6. The lowest BCUT2D eigenvalue weighted by Gasteiger charge is -2.29. The number of rotatable bonds is 9. The van der Waals surface area contributed by atoms with Gasteiger partial charge in [-0.05, 0) is 29.2 Å². The molecule has 14 heteroatoms. The molecule has 0 bridgehead atoms. The van der Waals surface area contributed by atoms with Crippen molar-refractivity contribution in [1.29, 1.82) is 0 Å². The van der Waals surface area contributed by atoms with E-state index in [1.807, 2.05) is 89.8 Å². The second-order valence-corrected chi connectivity index (χ2v) is 15.2. The Morgan fingerprint density at radius 2 is 1.36 bits per heavy atom. The Hall–Kier alpha value is -5.34. The fourth-order valence-electron chi connectivity index (χ4n) is 6.71. The summed E-state index contributed by atoms with van der Waals surface area (Å²) in [6, 6.07) is 22.4. The highest BCUT2D eigenvalue weighted by Crippen LogP contribution is 2.20. The highest BCUT2D eigenvalue weighted by molar-refractivity contribution is 7.85. The van der Waals surface area contributed by atoms with Crippen LogP contribution in [0, 0.1) is 0 Å². The summed E-state index contributed by atoms with van der Waals surface area (Å²) in [5.41, 5.74) is 3.39. The van der Waals surface area contributed by atoms with Gasteiger partial charge >= 0.3 is 0 Å². The van der Waals surface area contributed by atoms with Gasteiger partial charge in [0.2, 0.25) is 29.5 Å². The van der Waals surface area contributed by atoms with Crippen LogP contribution >= 0.6 is 0 Å². The van der Waals surface area contributed by atoms with Gasteiger partial charge in [0.05, 0.1) is 19.0 Å². The molecule has 13 nitrogen and oxygen atoms in total. The number of aromatic amines is 1. The van der Waals surface area contributed by atoms with Crippen molar-refractivity contribution in [3.05, 3.63) is 108 Å². The fraction of sp³-hybridized carbons (Fsp3) is 0.359. The van der Waals surface area contributed by atoms with Crippen LogP contribution in [0.15, 0.2) is 91.1 Å². The predicted octanol–water partition coefficient (Wildman–Crippen LogP) is 0.719. The molecule has 2 fully saturated rings. The Kier molecular flexibility index (Phi) is 12.7. The minimum absolute atomic E-state index is 0.000584. The molecule has 6 rings (SSSR count). The van der Waals surface area contributed by atoms with Crippen molar-refractivity contribution in [2.75, 3.05) is 37.7 Å². The Labute approximate surface area is 310 Å². The van der Waals surface area contributed by atoms with Crippen molar-refractivity contribution in [3.8, 4) is 0 Å². The van der Waals surface area contributed by atoms with Crippen molar-refractivity contribution in [2.24, 2.45) is 0 Å². The zero-order chi connectivity index (χ0) is 37.2. The number of H-pyrrole nitrogens is 1. The van der Waals surface area contributed by atoms with Crippen molar-refractivity contribution >= 4 is 51.2 Å². The molecule has 3 heterocycles. The number of amides is 5. The average molecular weight is 740 g/mol. The number of para-hydroxylation sites is 1. The number of nitrogens with zero attached hydrogens (tertiary/aromatic N) is 1. The predicted molar refractivity (Wildman–Crippen MR) is 202 cm³/mol. The zero-order valence-corrected chi connectivity index (χ0v) is 30.2. The fourth-order valence-corrected chi connectivity index (χ4v) is 7.84. The molecule has 1 aromatic heterocycles. The molecule has 0 unspecified atom stereocenters. The molecule has 2 aliphatic heterocycles. The normalized spacial score (nSPS) is 22.6. The Morgan fingerprint density at radius 1 is 0.736 bits per heavy atom. The zero-order valence-electron chi connectivity index (χ0n) is 29.3. The highest BCUT2D eigenvalue weighted by Gasteiger charge is 2.32. The molecule has 6 N–H and O–H groups in total. The van der Waals surface area contributed by atoms with Crippen LogP contribution in [-0.2, 0) is 54.0 Å². The summed E-state index contributed by atoms with van der Waals surface area (Å²) in [6.07, 6.45) is 2.01. The maximum absolute atomic E-state index is 14.2. The molecule has 2 aliphatic rings. The third-order valence-corrected chi connectivity index (χ3v) is 10.8. The summed E-state index contributed by atoms with van der Waals surface area (Å²) in [7, 11) is -0.921. The van der Waals surface area contributed by atoms with Gasteiger partial charge in [-0.2, -0.15) is 0 Å². The third kappa shape index (κ3) is 10.6. The molecule has 5 amide bonds. The SMILES string of the molecule is O=C1C[C@@H](NC(=O)CN2CCS(=O)CC2)C(=O)NC[C@@H](Cc2ccccc2)NC(=O)[C@H](Cc2ccccc2)NC(=O)[C@H](Cc2c[nH]c3ccccc23)N1. The summed E-state index contributed by atoms with van der Waals surface area (Å²) in [5, 5.41) is 15.2. The lowest BCUT2D eigenvalue weighted by atomic mass is 10.0. The van der Waals surface area contributed by atoms with Crippen molar-refractivity contribution in [1.82, 2.24) is 36.5 Å². The van der Waals surface area contributed by atoms with Gasteiger partial charge in [0, 0.05) is 71.9 Å². The molecule has 53 heavy (non-hydrogen) atoms. The molecule has 4 aromatic rings. The van der Waals surface area contributed by atoms with E-state index < -0.39 is 70.9 Å². The minimum Gasteiger partial charge on any atom is -0.361 e. The van der Waals surface area contributed by atoms with Crippen LogP contribution in [0.4, 0.5) is 0 Å². The van der Waals surface area contributed by atoms with Gasteiger partial charge in [-0.25, -0.2) is 0 Å². The van der Waals surface area contributed by atoms with E-state index in [9.17, 15) is 28.2 Å². The van der Waals surface area contributed by atoms with Crippen LogP contribution in [0.5, 0.6) is 0 Å². The summed E-state index contributed by atoms with van der Waals surface area (Å²) in [6.45, 7) is 0.937. The molecule has 0 radical (unpaired) electrons. The standard InChI is InChI=1S/C39H45N7O6S/c47-35-22-34(44-36(48)25-46-15-17-53(52)18-16-46)37(49)41-24-29(19-26-9-3-1-4-10-26)42-38(50)32(20-27-11-5-2-6-12-27)45-39(51)33(43-35)21-28-23-40-31-14-8-7-13-30(28)31/h1-14,23,29,32-34,40H,15-22,24-25H2,(H,41,49)(H,42,50)(H,43,47)(H,44,48)(H,45,51)/t29-,32+,33+,34-/m1/s1. The molecule has 4 atom stereocenters. The monoisotopic (exact) mass is 739 g/mol. The first kappa shape index (κ1) is 37.4. The summed E-state index contributed by atoms with van der Waals surface area (Å²) in [4.78, 5) is 74.1. The smallest absolute Gasteiger partial charge is 0.243 e. The maximum Gasteiger partial charge on any atom is 0.243 e. The second kappa shape index (κ2) is 17.9. The molecule has 0 aliphatic carbocycles. The Morgan fingerprint density at radius 3 is 2.08 bits per heavy atom. The van der Waals surface area contributed by atoms with E-state index in [0.717, 1.165) is 27.6 Å². The van der Waals surface area contributed by atoms with Crippen molar-refractivity contribution in [3.63, 3.8) is 0 Å². The molecular weight excluding hydrogens is 695 g/mol. The number of hydrogen-bond acceptors (Lipinski definition) is 7. The maximum atomic E-state index is 14.2. The van der Waals surface area contributed by atoms with Gasteiger partial charge in [0.15, 0.2) is 0 Å². The van der Waals surface area contributed by atoms with E-state index >= 15 is 0 Å². The number of carbonyl (C=O) groups excluding carboxylic acids is 5. The first-order valence-electron chi connectivity index (χ1n) is 17.9. The number of aromatic nitrogens is 1. The van der Waals surface area contributed by atoms with E-state index in [4.69, 9.17) is 0 Å². The van der Waals surface area contributed by atoms with Gasteiger partial charge in [-0.3, -0.25) is 33.1 Å². The van der Waals surface area contributed by atoms with E-state index in [0.29, 0.717) is 31.0 Å². The molecule has 278 valence electrons. The molecule has 0 spiro atoms. The number of hydrogen-bond donors (Lipinski definition) is 6. The quantitative estimate of drug-likeness (QED) is 0.146. The summed E-state index contributed by atoms with van der Waals surface area (Å²) in [5.74, 6) is -1.78. The van der Waals surface area contributed by atoms with E-state index in [-0.39, 0.29) is 25.9 Å². The first-order chi connectivity index (χ1) is 25.7. The summed E-state index contributed by atoms with van der Waals surface area (Å²) >= 11 is 0. The van der Waals surface area contributed by atoms with Crippen molar-refractivity contribution in [2.45, 2.75) is 49.9 Å². The van der Waals surface area contributed by atoms with Gasteiger partial charge in [0.25, 0.3) is 0 Å². The molecule has 0 saturated carbocycles. The Bertz CT molecular complexity index is 1930. The number of benzene rings is 3. The van der Waals surface area contributed by atoms with E-state index in [1.54, 1.807) is 6.20 Å².